The maximum atomic E-state index is 14.1. The topological polar surface area (TPSA) is 86.8 Å². The molecule has 218 valence electrons. The number of nitrogens with zero attached hydrogens (tertiary/aromatic N) is 2. The van der Waals surface area contributed by atoms with Crippen molar-refractivity contribution in [2.45, 2.75) is 57.7 Å². The van der Waals surface area contributed by atoms with Crippen LogP contribution in [0.2, 0.25) is 5.02 Å². The Bertz CT molecular complexity index is 1460. The Balaban J connectivity index is 1.73. The third kappa shape index (κ3) is 8.30. The predicted octanol–water partition coefficient (Wildman–Crippen LogP) is 5.25. The Morgan fingerprint density at radius 3 is 2.27 bits per heavy atom. The van der Waals surface area contributed by atoms with Crippen molar-refractivity contribution in [1.82, 2.24) is 10.2 Å². The lowest BCUT2D eigenvalue weighted by Gasteiger charge is -2.34. The van der Waals surface area contributed by atoms with Crippen molar-refractivity contribution in [3.63, 3.8) is 0 Å². The van der Waals surface area contributed by atoms with Crippen LogP contribution in [0.25, 0.3) is 0 Å². The summed E-state index contributed by atoms with van der Waals surface area (Å²) >= 11 is 6.10. The van der Waals surface area contributed by atoms with Gasteiger partial charge in [-0.1, -0.05) is 66.9 Å². The van der Waals surface area contributed by atoms with E-state index < -0.39 is 34.3 Å². The maximum Gasteiger partial charge on any atom is 0.244 e. The van der Waals surface area contributed by atoms with Gasteiger partial charge in [0.25, 0.3) is 0 Å². The van der Waals surface area contributed by atoms with E-state index in [-0.39, 0.29) is 24.9 Å². The van der Waals surface area contributed by atoms with Gasteiger partial charge in [0.1, 0.15) is 18.4 Å². The average Bonchev–Trinajstić information content (AvgIpc) is 3.43. The van der Waals surface area contributed by atoms with Gasteiger partial charge in [-0.15, -0.1) is 0 Å². The lowest BCUT2D eigenvalue weighted by Crippen LogP contribution is -2.54. The summed E-state index contributed by atoms with van der Waals surface area (Å²) in [6, 6.07) is 18.9. The number of carbonyl (C=O) groups excluding carboxylic acids is 2. The lowest BCUT2D eigenvalue weighted by atomic mass is 10.0. The molecule has 7 nitrogen and oxygen atoms in total. The molecule has 10 heteroatoms. The minimum absolute atomic E-state index is 0.00803. The van der Waals surface area contributed by atoms with Gasteiger partial charge in [-0.3, -0.25) is 13.9 Å². The summed E-state index contributed by atoms with van der Waals surface area (Å²) in [5.41, 5.74) is 2.37. The molecule has 0 aromatic heterocycles. The minimum Gasteiger partial charge on any atom is -0.352 e. The largest absolute Gasteiger partial charge is 0.352 e. The standard InChI is InChI=1S/C31H35ClFN3O4S/c1-22-18-25(32)14-17-28(22)36(41(2,39)40)21-30(37)35(20-24-12-15-26(33)16-13-24)29(19-23-8-4-3-5-9-23)31(38)34-27-10-6-7-11-27/h3-5,8-9,12-18,27,29H,6-7,10-11,19-21H2,1-2H3,(H,34,38)/t29-/m0/s1. The van der Waals surface area contributed by atoms with Crippen molar-refractivity contribution in [3.05, 3.63) is 100 Å². The Kier molecular flexibility index (Phi) is 10.0. The van der Waals surface area contributed by atoms with Crippen LogP contribution in [0.5, 0.6) is 0 Å². The summed E-state index contributed by atoms with van der Waals surface area (Å²) < 4.78 is 40.6. The van der Waals surface area contributed by atoms with Crippen LogP contribution >= 0.6 is 11.6 Å². The molecule has 1 saturated carbocycles. The second kappa shape index (κ2) is 13.5. The van der Waals surface area contributed by atoms with E-state index >= 15 is 0 Å². The number of benzene rings is 3. The summed E-state index contributed by atoms with van der Waals surface area (Å²) in [7, 11) is -3.89. The number of carbonyl (C=O) groups is 2. The normalized spacial score (nSPS) is 14.4. The highest BCUT2D eigenvalue weighted by Crippen LogP contribution is 2.27. The molecule has 0 bridgehead atoms. The number of aryl methyl sites for hydroxylation is 1. The molecule has 0 aliphatic heterocycles. The molecule has 0 saturated heterocycles. The van der Waals surface area contributed by atoms with E-state index in [1.54, 1.807) is 37.3 Å². The number of hydrogen-bond donors (Lipinski definition) is 1. The zero-order chi connectivity index (χ0) is 29.6. The SMILES string of the molecule is Cc1cc(Cl)ccc1N(CC(=O)N(Cc1ccc(F)cc1)[C@@H](Cc1ccccc1)C(=O)NC1CCCC1)S(C)(=O)=O. The molecule has 0 unspecified atom stereocenters. The molecular weight excluding hydrogens is 565 g/mol. The summed E-state index contributed by atoms with van der Waals surface area (Å²) in [5, 5.41) is 3.56. The number of nitrogens with one attached hydrogen (secondary N) is 1. The first-order valence-corrected chi connectivity index (χ1v) is 15.9. The Morgan fingerprint density at radius 1 is 1.00 bits per heavy atom. The second-order valence-corrected chi connectivity index (χ2v) is 12.9. The third-order valence-electron chi connectivity index (χ3n) is 7.35. The van der Waals surface area contributed by atoms with E-state index in [0.29, 0.717) is 21.8 Å². The molecule has 1 atom stereocenters. The van der Waals surface area contributed by atoms with Crippen molar-refractivity contribution >= 4 is 39.1 Å². The molecular formula is C31H35ClFN3O4S. The van der Waals surface area contributed by atoms with Crippen LogP contribution in [-0.4, -0.2) is 50.0 Å². The summed E-state index contributed by atoms with van der Waals surface area (Å²) in [6.45, 7) is 1.18. The summed E-state index contributed by atoms with van der Waals surface area (Å²) in [5.74, 6) is -1.28. The third-order valence-corrected chi connectivity index (χ3v) is 8.71. The molecule has 1 aliphatic carbocycles. The molecule has 3 aromatic carbocycles. The zero-order valence-electron chi connectivity index (χ0n) is 23.2. The van der Waals surface area contributed by atoms with E-state index in [9.17, 15) is 22.4 Å². The Hall–Kier alpha value is -3.43. The van der Waals surface area contributed by atoms with Crippen LogP contribution in [0.15, 0.2) is 72.8 Å². The summed E-state index contributed by atoms with van der Waals surface area (Å²) in [6.07, 6.45) is 5.05. The van der Waals surface area contributed by atoms with Crippen molar-refractivity contribution < 1.29 is 22.4 Å². The van der Waals surface area contributed by atoms with Gasteiger partial charge in [0.05, 0.1) is 11.9 Å². The quantitative estimate of drug-likeness (QED) is 0.326. The minimum atomic E-state index is -3.89. The first-order chi connectivity index (χ1) is 19.5. The van der Waals surface area contributed by atoms with E-state index in [1.807, 2.05) is 30.3 Å². The molecule has 1 fully saturated rings. The number of halogens is 2. The molecule has 1 N–H and O–H groups in total. The highest BCUT2D eigenvalue weighted by Gasteiger charge is 2.34. The number of sulfonamides is 1. The lowest BCUT2D eigenvalue weighted by molar-refractivity contribution is -0.140. The van der Waals surface area contributed by atoms with Crippen molar-refractivity contribution in [3.8, 4) is 0 Å². The fourth-order valence-electron chi connectivity index (χ4n) is 5.20. The molecule has 0 spiro atoms. The van der Waals surface area contributed by atoms with E-state index in [2.05, 4.69) is 5.32 Å². The fourth-order valence-corrected chi connectivity index (χ4v) is 6.34. The van der Waals surface area contributed by atoms with Gasteiger partial charge in [0.2, 0.25) is 21.8 Å². The summed E-state index contributed by atoms with van der Waals surface area (Å²) in [4.78, 5) is 29.4. The van der Waals surface area contributed by atoms with Crippen LogP contribution < -0.4 is 9.62 Å². The number of amides is 2. The first-order valence-electron chi connectivity index (χ1n) is 13.6. The molecule has 0 heterocycles. The molecule has 4 rings (SSSR count). The second-order valence-electron chi connectivity index (χ2n) is 10.5. The van der Waals surface area contributed by atoms with Gasteiger partial charge in [-0.25, -0.2) is 12.8 Å². The Labute approximate surface area is 246 Å². The van der Waals surface area contributed by atoms with Gasteiger partial charge in [0, 0.05) is 24.0 Å². The molecule has 41 heavy (non-hydrogen) atoms. The van der Waals surface area contributed by atoms with E-state index in [0.717, 1.165) is 41.8 Å². The van der Waals surface area contributed by atoms with Gasteiger partial charge < -0.3 is 10.2 Å². The fraction of sp³-hybridized carbons (Fsp3) is 0.355. The van der Waals surface area contributed by atoms with Crippen LogP contribution in [0.4, 0.5) is 10.1 Å². The smallest absolute Gasteiger partial charge is 0.244 e. The van der Waals surface area contributed by atoms with Crippen molar-refractivity contribution in [2.24, 2.45) is 0 Å². The predicted molar refractivity (Wildman–Crippen MR) is 160 cm³/mol. The highest BCUT2D eigenvalue weighted by molar-refractivity contribution is 7.92. The van der Waals surface area contributed by atoms with Gasteiger partial charge >= 0.3 is 0 Å². The van der Waals surface area contributed by atoms with E-state index in [1.165, 1.54) is 17.0 Å². The molecule has 3 aromatic rings. The van der Waals surface area contributed by atoms with Crippen LogP contribution in [0.3, 0.4) is 0 Å². The number of anilines is 1. The maximum absolute atomic E-state index is 14.1. The van der Waals surface area contributed by atoms with Crippen LogP contribution in [0, 0.1) is 12.7 Å². The zero-order valence-corrected chi connectivity index (χ0v) is 24.8. The van der Waals surface area contributed by atoms with Crippen LogP contribution in [0.1, 0.15) is 42.4 Å². The molecule has 1 aliphatic rings. The Morgan fingerprint density at radius 2 is 1.66 bits per heavy atom. The monoisotopic (exact) mass is 599 g/mol. The van der Waals surface area contributed by atoms with Gasteiger partial charge in [-0.2, -0.15) is 0 Å². The van der Waals surface area contributed by atoms with Gasteiger partial charge in [-0.05, 0) is 66.8 Å². The number of hydrogen-bond acceptors (Lipinski definition) is 4. The first kappa shape index (κ1) is 30.5. The number of rotatable bonds is 11. The highest BCUT2D eigenvalue weighted by atomic mass is 35.5. The van der Waals surface area contributed by atoms with Crippen LogP contribution in [-0.2, 0) is 32.6 Å². The van der Waals surface area contributed by atoms with Gasteiger partial charge in [0.15, 0.2) is 0 Å². The average molecular weight is 600 g/mol. The van der Waals surface area contributed by atoms with Crippen molar-refractivity contribution in [2.75, 3.05) is 17.1 Å². The molecule has 2 amide bonds. The van der Waals surface area contributed by atoms with E-state index in [4.69, 9.17) is 11.6 Å². The molecule has 0 radical (unpaired) electrons. The van der Waals surface area contributed by atoms with Crippen molar-refractivity contribution in [1.29, 1.82) is 0 Å².